The largest absolute Gasteiger partial charge is 0.367 e. The fraction of sp³-hybridized carbons (Fsp3) is 0.300. The number of aromatic nitrogens is 2. The summed E-state index contributed by atoms with van der Waals surface area (Å²) in [5.41, 5.74) is 4.77. The molecule has 134 valence electrons. The quantitative estimate of drug-likeness (QED) is 0.719. The zero-order chi connectivity index (χ0) is 18.1. The van der Waals surface area contributed by atoms with Gasteiger partial charge in [0.05, 0.1) is 0 Å². The molecule has 1 aliphatic heterocycles. The molecule has 0 unspecified atom stereocenters. The molecule has 0 saturated heterocycles. The van der Waals surface area contributed by atoms with Gasteiger partial charge in [0.2, 0.25) is 0 Å². The summed E-state index contributed by atoms with van der Waals surface area (Å²) in [6, 6.07) is 12.1. The Morgan fingerprint density at radius 1 is 1.27 bits per heavy atom. The molecule has 4 rings (SSSR count). The van der Waals surface area contributed by atoms with Crippen LogP contribution in [0.4, 0.5) is 11.4 Å². The van der Waals surface area contributed by atoms with Crippen LogP contribution >= 0.6 is 11.3 Å². The van der Waals surface area contributed by atoms with Crippen molar-refractivity contribution in [1.29, 1.82) is 0 Å². The fourth-order valence-corrected chi connectivity index (χ4v) is 4.06. The van der Waals surface area contributed by atoms with E-state index in [0.717, 1.165) is 30.9 Å². The van der Waals surface area contributed by atoms with Crippen LogP contribution in [-0.2, 0) is 13.0 Å². The predicted molar refractivity (Wildman–Crippen MR) is 106 cm³/mol. The van der Waals surface area contributed by atoms with Crippen molar-refractivity contribution in [3.05, 3.63) is 63.6 Å². The van der Waals surface area contributed by atoms with E-state index in [1.165, 1.54) is 16.1 Å². The Hall–Kier alpha value is -2.60. The normalized spacial score (nSPS) is 13.7. The molecule has 0 fully saturated rings. The van der Waals surface area contributed by atoms with Crippen LogP contribution in [0.1, 0.15) is 46.4 Å². The van der Waals surface area contributed by atoms with Gasteiger partial charge in [0, 0.05) is 35.0 Å². The van der Waals surface area contributed by atoms with E-state index in [1.807, 2.05) is 23.5 Å². The SMILES string of the molecule is CC(C)c1cc(C(=O)Nc2ccc(N3CCc4sccc4C3)cc2)n[nH]1. The third kappa shape index (κ3) is 3.37. The molecule has 1 amide bonds. The van der Waals surface area contributed by atoms with Crippen molar-refractivity contribution < 1.29 is 4.79 Å². The number of nitrogens with zero attached hydrogens (tertiary/aromatic N) is 2. The van der Waals surface area contributed by atoms with Crippen molar-refractivity contribution in [3.63, 3.8) is 0 Å². The van der Waals surface area contributed by atoms with E-state index in [9.17, 15) is 4.79 Å². The first-order valence-corrected chi connectivity index (χ1v) is 9.75. The third-order valence-electron chi connectivity index (χ3n) is 4.75. The lowest BCUT2D eigenvalue weighted by atomic mass is 10.1. The van der Waals surface area contributed by atoms with Crippen molar-refractivity contribution in [1.82, 2.24) is 10.2 Å². The van der Waals surface area contributed by atoms with Gasteiger partial charge in [-0.25, -0.2) is 0 Å². The molecule has 0 radical (unpaired) electrons. The Kier molecular flexibility index (Phi) is 4.51. The van der Waals surface area contributed by atoms with Crippen molar-refractivity contribution >= 4 is 28.6 Å². The number of carbonyl (C=O) groups excluding carboxylic acids is 1. The number of carbonyl (C=O) groups is 1. The number of benzene rings is 1. The standard InChI is InChI=1S/C20H22N4OS/c1-13(2)17-11-18(23-22-17)20(25)21-15-3-5-16(6-4-15)24-9-7-19-14(12-24)8-10-26-19/h3-6,8,10-11,13H,7,9,12H2,1-2H3,(H,21,25)(H,22,23). The Morgan fingerprint density at radius 2 is 2.08 bits per heavy atom. The first kappa shape index (κ1) is 16.8. The molecule has 0 bridgehead atoms. The van der Waals surface area contributed by atoms with E-state index >= 15 is 0 Å². The van der Waals surface area contributed by atoms with Crippen molar-refractivity contribution in [2.24, 2.45) is 0 Å². The van der Waals surface area contributed by atoms with Gasteiger partial charge in [0.25, 0.3) is 5.91 Å². The Labute approximate surface area is 157 Å². The van der Waals surface area contributed by atoms with Crippen LogP contribution in [0.25, 0.3) is 0 Å². The summed E-state index contributed by atoms with van der Waals surface area (Å²) in [5.74, 6) is 0.124. The number of hydrogen-bond donors (Lipinski definition) is 2. The van der Waals surface area contributed by atoms with Gasteiger partial charge in [-0.05, 0) is 59.7 Å². The molecule has 0 spiro atoms. The monoisotopic (exact) mass is 366 g/mol. The van der Waals surface area contributed by atoms with Crippen LogP contribution in [0.5, 0.6) is 0 Å². The zero-order valence-electron chi connectivity index (χ0n) is 15.0. The smallest absolute Gasteiger partial charge is 0.276 e. The topological polar surface area (TPSA) is 61.0 Å². The zero-order valence-corrected chi connectivity index (χ0v) is 15.8. The molecular weight excluding hydrogens is 344 g/mol. The first-order valence-electron chi connectivity index (χ1n) is 8.87. The second-order valence-electron chi connectivity index (χ2n) is 6.90. The average molecular weight is 366 g/mol. The Bertz CT molecular complexity index is 910. The van der Waals surface area contributed by atoms with Crippen molar-refractivity contribution in [2.45, 2.75) is 32.7 Å². The molecule has 0 atom stereocenters. The lowest BCUT2D eigenvalue weighted by Crippen LogP contribution is -2.29. The number of rotatable bonds is 4. The van der Waals surface area contributed by atoms with Gasteiger partial charge in [-0.3, -0.25) is 9.89 Å². The van der Waals surface area contributed by atoms with Crippen LogP contribution in [0.15, 0.2) is 41.8 Å². The van der Waals surface area contributed by atoms with Gasteiger partial charge >= 0.3 is 0 Å². The minimum absolute atomic E-state index is 0.193. The molecule has 2 aromatic heterocycles. The summed E-state index contributed by atoms with van der Waals surface area (Å²) in [7, 11) is 0. The lowest BCUT2D eigenvalue weighted by Gasteiger charge is -2.29. The summed E-state index contributed by atoms with van der Waals surface area (Å²) in [6.07, 6.45) is 1.10. The van der Waals surface area contributed by atoms with E-state index in [2.05, 4.69) is 57.8 Å². The number of amides is 1. The predicted octanol–water partition coefficient (Wildman–Crippen LogP) is 4.41. The molecule has 5 nitrogen and oxygen atoms in total. The van der Waals surface area contributed by atoms with E-state index < -0.39 is 0 Å². The molecule has 6 heteroatoms. The molecule has 1 aromatic carbocycles. The number of H-pyrrole nitrogens is 1. The molecule has 1 aliphatic rings. The van der Waals surface area contributed by atoms with Crippen LogP contribution in [0, 0.1) is 0 Å². The van der Waals surface area contributed by atoms with Gasteiger partial charge in [0.1, 0.15) is 0 Å². The Morgan fingerprint density at radius 3 is 2.81 bits per heavy atom. The molecule has 0 saturated carbocycles. The summed E-state index contributed by atoms with van der Waals surface area (Å²) >= 11 is 1.85. The fourth-order valence-electron chi connectivity index (χ4n) is 3.17. The molecule has 26 heavy (non-hydrogen) atoms. The van der Waals surface area contributed by atoms with Gasteiger partial charge in [-0.1, -0.05) is 13.8 Å². The number of hydrogen-bond acceptors (Lipinski definition) is 4. The molecule has 3 aromatic rings. The number of aromatic amines is 1. The maximum absolute atomic E-state index is 12.3. The van der Waals surface area contributed by atoms with Gasteiger partial charge in [-0.2, -0.15) is 5.10 Å². The second-order valence-corrected chi connectivity index (χ2v) is 7.91. The highest BCUT2D eigenvalue weighted by atomic mass is 32.1. The second kappa shape index (κ2) is 6.96. The van der Waals surface area contributed by atoms with Crippen LogP contribution in [-0.4, -0.2) is 22.6 Å². The maximum Gasteiger partial charge on any atom is 0.276 e. The van der Waals surface area contributed by atoms with E-state index in [-0.39, 0.29) is 5.91 Å². The highest BCUT2D eigenvalue weighted by Gasteiger charge is 2.18. The minimum Gasteiger partial charge on any atom is -0.367 e. The van der Waals surface area contributed by atoms with E-state index in [0.29, 0.717) is 11.6 Å². The minimum atomic E-state index is -0.193. The summed E-state index contributed by atoms with van der Waals surface area (Å²) < 4.78 is 0. The first-order chi connectivity index (χ1) is 12.6. The number of fused-ring (bicyclic) bond motifs is 1. The summed E-state index contributed by atoms with van der Waals surface area (Å²) in [6.45, 7) is 6.11. The maximum atomic E-state index is 12.3. The number of thiophene rings is 1. The summed E-state index contributed by atoms with van der Waals surface area (Å²) in [4.78, 5) is 16.2. The van der Waals surface area contributed by atoms with Crippen LogP contribution in [0.2, 0.25) is 0 Å². The van der Waals surface area contributed by atoms with Crippen molar-refractivity contribution in [2.75, 3.05) is 16.8 Å². The highest BCUT2D eigenvalue weighted by molar-refractivity contribution is 7.10. The third-order valence-corrected chi connectivity index (χ3v) is 5.77. The van der Waals surface area contributed by atoms with Crippen LogP contribution < -0.4 is 10.2 Å². The highest BCUT2D eigenvalue weighted by Crippen LogP contribution is 2.28. The van der Waals surface area contributed by atoms with Crippen LogP contribution in [0.3, 0.4) is 0 Å². The molecular formula is C20H22N4OS. The Balaban J connectivity index is 1.42. The molecule has 3 heterocycles. The van der Waals surface area contributed by atoms with E-state index in [1.54, 1.807) is 6.07 Å². The van der Waals surface area contributed by atoms with Gasteiger partial charge < -0.3 is 10.2 Å². The number of nitrogens with one attached hydrogen (secondary N) is 2. The number of anilines is 2. The lowest BCUT2D eigenvalue weighted by molar-refractivity contribution is 0.102. The molecule has 2 N–H and O–H groups in total. The van der Waals surface area contributed by atoms with Crippen molar-refractivity contribution in [3.8, 4) is 0 Å². The molecule has 0 aliphatic carbocycles. The van der Waals surface area contributed by atoms with Gasteiger partial charge in [0.15, 0.2) is 5.69 Å². The van der Waals surface area contributed by atoms with E-state index in [4.69, 9.17) is 0 Å². The summed E-state index contributed by atoms with van der Waals surface area (Å²) in [5, 5.41) is 12.1. The van der Waals surface area contributed by atoms with Gasteiger partial charge in [-0.15, -0.1) is 11.3 Å². The average Bonchev–Trinajstić information content (AvgIpc) is 3.31.